The zero-order valence-electron chi connectivity index (χ0n) is 8.77. The number of rotatable bonds is 0. The van der Waals surface area contributed by atoms with Gasteiger partial charge in [-0.05, 0) is 23.5 Å². The van der Waals surface area contributed by atoms with Gasteiger partial charge in [0.1, 0.15) is 0 Å². The third kappa shape index (κ3) is 1.21. The summed E-state index contributed by atoms with van der Waals surface area (Å²) >= 11 is 0. The molecule has 2 nitrogen and oxygen atoms in total. The number of carbonyl (C=O) groups excluding carboxylic acids is 1. The Morgan fingerprint density at radius 2 is 2.13 bits per heavy atom. The lowest BCUT2D eigenvalue weighted by molar-refractivity contribution is -0.141. The van der Waals surface area contributed by atoms with Crippen LogP contribution in [0.3, 0.4) is 0 Å². The average molecular weight is 202 g/mol. The molecule has 1 aliphatic carbocycles. The van der Waals surface area contributed by atoms with Crippen molar-refractivity contribution in [1.29, 1.82) is 0 Å². The second-order valence-electron chi connectivity index (χ2n) is 4.59. The van der Waals surface area contributed by atoms with Crippen LogP contribution in [0, 0.1) is 11.8 Å². The molecule has 0 aromatic heterocycles. The van der Waals surface area contributed by atoms with Crippen LogP contribution < -0.4 is 0 Å². The maximum atomic E-state index is 11.5. The predicted molar refractivity (Wildman–Crippen MR) is 56.5 cm³/mol. The molecule has 1 heterocycles. The molecule has 15 heavy (non-hydrogen) atoms. The SMILES string of the molecule is C[C@H]1c2ccccc2C[C@@H]2C(=O)OC[C@@H]21. The number of hydrogen-bond acceptors (Lipinski definition) is 2. The number of fused-ring (bicyclic) bond motifs is 2. The van der Waals surface area contributed by atoms with Crippen LogP contribution in [0.2, 0.25) is 0 Å². The van der Waals surface area contributed by atoms with E-state index in [1.165, 1.54) is 11.1 Å². The zero-order valence-corrected chi connectivity index (χ0v) is 8.77. The van der Waals surface area contributed by atoms with E-state index in [0.29, 0.717) is 18.4 Å². The first kappa shape index (κ1) is 8.96. The first-order valence-electron chi connectivity index (χ1n) is 5.52. The molecule has 1 aromatic rings. The van der Waals surface area contributed by atoms with Gasteiger partial charge in [-0.15, -0.1) is 0 Å². The van der Waals surface area contributed by atoms with Crippen molar-refractivity contribution in [3.8, 4) is 0 Å². The molecule has 1 aliphatic heterocycles. The van der Waals surface area contributed by atoms with E-state index in [1.54, 1.807) is 0 Å². The normalized spacial score (nSPS) is 33.1. The Hall–Kier alpha value is -1.31. The Morgan fingerprint density at radius 1 is 1.33 bits per heavy atom. The third-order valence-corrected chi connectivity index (χ3v) is 3.87. The Kier molecular flexibility index (Phi) is 1.84. The third-order valence-electron chi connectivity index (χ3n) is 3.87. The lowest BCUT2D eigenvalue weighted by Crippen LogP contribution is -2.28. The monoisotopic (exact) mass is 202 g/mol. The molecular formula is C13H14O2. The fourth-order valence-corrected chi connectivity index (χ4v) is 2.94. The lowest BCUT2D eigenvalue weighted by atomic mass is 9.71. The van der Waals surface area contributed by atoms with Gasteiger partial charge in [-0.1, -0.05) is 31.2 Å². The van der Waals surface area contributed by atoms with Crippen molar-refractivity contribution in [2.45, 2.75) is 19.3 Å². The number of esters is 1. The first-order chi connectivity index (χ1) is 7.27. The van der Waals surface area contributed by atoms with E-state index in [9.17, 15) is 4.79 Å². The number of hydrogen-bond donors (Lipinski definition) is 0. The van der Waals surface area contributed by atoms with Crippen LogP contribution in [-0.2, 0) is 16.0 Å². The van der Waals surface area contributed by atoms with Gasteiger partial charge in [0, 0.05) is 5.92 Å². The molecule has 1 saturated heterocycles. The fraction of sp³-hybridized carbons (Fsp3) is 0.462. The maximum absolute atomic E-state index is 11.5. The Morgan fingerprint density at radius 3 is 3.00 bits per heavy atom. The van der Waals surface area contributed by atoms with Gasteiger partial charge in [-0.25, -0.2) is 0 Å². The van der Waals surface area contributed by atoms with Gasteiger partial charge in [0.25, 0.3) is 0 Å². The van der Waals surface area contributed by atoms with Crippen LogP contribution in [0.4, 0.5) is 0 Å². The highest BCUT2D eigenvalue weighted by atomic mass is 16.5. The molecule has 0 unspecified atom stereocenters. The highest BCUT2D eigenvalue weighted by Gasteiger charge is 2.43. The van der Waals surface area contributed by atoms with Gasteiger partial charge >= 0.3 is 5.97 Å². The molecule has 1 aromatic carbocycles. The molecule has 3 rings (SSSR count). The van der Waals surface area contributed by atoms with E-state index in [4.69, 9.17) is 4.74 Å². The van der Waals surface area contributed by atoms with Crippen molar-refractivity contribution < 1.29 is 9.53 Å². The Bertz CT molecular complexity index is 411. The van der Waals surface area contributed by atoms with Crippen LogP contribution in [0.1, 0.15) is 24.0 Å². The van der Waals surface area contributed by atoms with Crippen LogP contribution in [-0.4, -0.2) is 12.6 Å². The summed E-state index contributed by atoms with van der Waals surface area (Å²) in [6.07, 6.45) is 0.865. The molecule has 2 heteroatoms. The molecule has 0 radical (unpaired) electrons. The van der Waals surface area contributed by atoms with Crippen molar-refractivity contribution in [3.63, 3.8) is 0 Å². The molecule has 0 bridgehead atoms. The second kappa shape index (κ2) is 3.09. The standard InChI is InChI=1S/C13H14O2/c1-8-10-5-3-2-4-9(10)6-11-12(8)7-15-13(11)14/h2-5,8,11-12H,6-7H2,1H3/t8-,11-,12+/m0/s1. The molecule has 0 N–H and O–H groups in total. The summed E-state index contributed by atoms with van der Waals surface area (Å²) in [7, 11) is 0. The second-order valence-corrected chi connectivity index (χ2v) is 4.59. The van der Waals surface area contributed by atoms with Gasteiger partial charge in [0.15, 0.2) is 0 Å². The van der Waals surface area contributed by atoms with Crippen LogP contribution >= 0.6 is 0 Å². The highest BCUT2D eigenvalue weighted by Crippen LogP contribution is 2.42. The Balaban J connectivity index is 2.06. The minimum atomic E-state index is 0.00125. The van der Waals surface area contributed by atoms with E-state index >= 15 is 0 Å². The van der Waals surface area contributed by atoms with E-state index in [0.717, 1.165) is 6.42 Å². The van der Waals surface area contributed by atoms with Gasteiger partial charge in [0.05, 0.1) is 12.5 Å². The summed E-state index contributed by atoms with van der Waals surface area (Å²) in [5, 5.41) is 0. The predicted octanol–water partition coefficient (Wildman–Crippen LogP) is 2.14. The summed E-state index contributed by atoms with van der Waals surface area (Å²) < 4.78 is 5.16. The molecule has 1 fully saturated rings. The van der Waals surface area contributed by atoms with Crippen molar-refractivity contribution in [3.05, 3.63) is 35.4 Å². The molecule has 0 amide bonds. The van der Waals surface area contributed by atoms with Crippen molar-refractivity contribution in [2.24, 2.45) is 11.8 Å². The highest BCUT2D eigenvalue weighted by molar-refractivity contribution is 5.76. The average Bonchev–Trinajstić information content (AvgIpc) is 2.62. The minimum Gasteiger partial charge on any atom is -0.465 e. The van der Waals surface area contributed by atoms with Gasteiger partial charge < -0.3 is 4.74 Å². The fourth-order valence-electron chi connectivity index (χ4n) is 2.94. The Labute approximate surface area is 89.2 Å². The van der Waals surface area contributed by atoms with Crippen LogP contribution in [0.5, 0.6) is 0 Å². The van der Waals surface area contributed by atoms with Gasteiger partial charge in [-0.2, -0.15) is 0 Å². The van der Waals surface area contributed by atoms with Crippen molar-refractivity contribution >= 4 is 5.97 Å². The van der Waals surface area contributed by atoms with Crippen LogP contribution in [0.25, 0.3) is 0 Å². The summed E-state index contributed by atoms with van der Waals surface area (Å²) in [4.78, 5) is 11.5. The molecule has 2 aliphatic rings. The quantitative estimate of drug-likeness (QED) is 0.602. The summed E-state index contributed by atoms with van der Waals surface area (Å²) in [5.74, 6) is 0.954. The smallest absolute Gasteiger partial charge is 0.309 e. The zero-order chi connectivity index (χ0) is 10.4. The maximum Gasteiger partial charge on any atom is 0.309 e. The van der Waals surface area contributed by atoms with E-state index in [-0.39, 0.29) is 11.9 Å². The summed E-state index contributed by atoms with van der Waals surface area (Å²) in [5.41, 5.74) is 2.72. The molecule has 78 valence electrons. The summed E-state index contributed by atoms with van der Waals surface area (Å²) in [6, 6.07) is 8.44. The molecular weight excluding hydrogens is 188 g/mol. The molecule has 0 spiro atoms. The van der Waals surface area contributed by atoms with Gasteiger partial charge in [-0.3, -0.25) is 4.79 Å². The van der Waals surface area contributed by atoms with Crippen LogP contribution in [0.15, 0.2) is 24.3 Å². The lowest BCUT2D eigenvalue weighted by Gasteiger charge is -2.30. The van der Waals surface area contributed by atoms with Crippen molar-refractivity contribution in [2.75, 3.05) is 6.61 Å². The topological polar surface area (TPSA) is 26.3 Å². The first-order valence-corrected chi connectivity index (χ1v) is 5.52. The number of benzene rings is 1. The van der Waals surface area contributed by atoms with Gasteiger partial charge in [0.2, 0.25) is 0 Å². The molecule has 3 atom stereocenters. The number of carbonyl (C=O) groups is 1. The largest absolute Gasteiger partial charge is 0.465 e. The minimum absolute atomic E-state index is 0.00125. The number of cyclic esters (lactones) is 1. The van der Waals surface area contributed by atoms with E-state index < -0.39 is 0 Å². The van der Waals surface area contributed by atoms with E-state index in [1.807, 2.05) is 6.07 Å². The summed E-state index contributed by atoms with van der Waals surface area (Å²) in [6.45, 7) is 2.82. The number of ether oxygens (including phenoxy) is 1. The molecule has 0 saturated carbocycles. The van der Waals surface area contributed by atoms with E-state index in [2.05, 4.69) is 25.1 Å². The van der Waals surface area contributed by atoms with Crippen molar-refractivity contribution in [1.82, 2.24) is 0 Å².